The standard InChI is InChI=1S/C13H21N3O2/c1-2-16(11-7-12(17)15-13(11)18)10-5-8-3-4-9(6-10)14-8/h8-11,14H,2-7H2,1H3,(H,15,17,18). The van der Waals surface area contributed by atoms with Crippen molar-refractivity contribution in [1.82, 2.24) is 15.5 Å². The summed E-state index contributed by atoms with van der Waals surface area (Å²) in [5.41, 5.74) is 0. The fourth-order valence-electron chi connectivity index (χ4n) is 3.84. The fraction of sp³-hybridized carbons (Fsp3) is 0.846. The van der Waals surface area contributed by atoms with Crippen LogP contribution < -0.4 is 10.6 Å². The zero-order chi connectivity index (χ0) is 12.7. The summed E-state index contributed by atoms with van der Waals surface area (Å²) in [5.74, 6) is -0.229. The molecule has 3 fully saturated rings. The maximum atomic E-state index is 11.8. The molecule has 0 aliphatic carbocycles. The molecule has 3 atom stereocenters. The van der Waals surface area contributed by atoms with Gasteiger partial charge in [0.05, 0.1) is 12.5 Å². The molecule has 2 bridgehead atoms. The number of rotatable bonds is 3. The van der Waals surface area contributed by atoms with E-state index in [1.165, 1.54) is 12.8 Å². The van der Waals surface area contributed by atoms with Gasteiger partial charge in [-0.25, -0.2) is 0 Å². The first-order chi connectivity index (χ1) is 8.67. The van der Waals surface area contributed by atoms with Crippen LogP contribution in [0, 0.1) is 0 Å². The first-order valence-electron chi connectivity index (χ1n) is 7.03. The van der Waals surface area contributed by atoms with Gasteiger partial charge in [0.25, 0.3) is 0 Å². The van der Waals surface area contributed by atoms with Crippen LogP contribution in [0.25, 0.3) is 0 Å². The predicted octanol–water partition coefficient (Wildman–Crippen LogP) is 0.00640. The van der Waals surface area contributed by atoms with E-state index in [1.807, 2.05) is 0 Å². The highest BCUT2D eigenvalue weighted by Crippen LogP contribution is 2.31. The van der Waals surface area contributed by atoms with Crippen molar-refractivity contribution >= 4 is 11.8 Å². The van der Waals surface area contributed by atoms with Gasteiger partial charge < -0.3 is 5.32 Å². The van der Waals surface area contributed by atoms with Crippen molar-refractivity contribution in [2.45, 2.75) is 63.2 Å². The highest BCUT2D eigenvalue weighted by Gasteiger charge is 2.42. The summed E-state index contributed by atoms with van der Waals surface area (Å²) in [6, 6.07) is 1.45. The zero-order valence-electron chi connectivity index (χ0n) is 10.8. The SMILES string of the molecule is CCN(C1CC2CCC(C1)N2)C1CC(=O)NC1=O. The molecule has 18 heavy (non-hydrogen) atoms. The summed E-state index contributed by atoms with van der Waals surface area (Å²) in [4.78, 5) is 25.4. The Morgan fingerprint density at radius 3 is 2.39 bits per heavy atom. The zero-order valence-corrected chi connectivity index (χ0v) is 10.8. The summed E-state index contributed by atoms with van der Waals surface area (Å²) < 4.78 is 0. The molecule has 0 radical (unpaired) electrons. The number of fused-ring (bicyclic) bond motifs is 2. The summed E-state index contributed by atoms with van der Waals surface area (Å²) in [7, 11) is 0. The molecule has 3 rings (SSSR count). The number of nitrogens with zero attached hydrogens (tertiary/aromatic N) is 1. The fourth-order valence-corrected chi connectivity index (χ4v) is 3.84. The Morgan fingerprint density at radius 1 is 1.22 bits per heavy atom. The topological polar surface area (TPSA) is 61.4 Å². The first kappa shape index (κ1) is 12.1. The van der Waals surface area contributed by atoms with Crippen molar-refractivity contribution in [3.8, 4) is 0 Å². The normalized spacial score (nSPS) is 39.4. The molecular weight excluding hydrogens is 230 g/mol. The average molecular weight is 251 g/mol. The van der Waals surface area contributed by atoms with Crippen molar-refractivity contribution in [3.63, 3.8) is 0 Å². The molecule has 3 saturated heterocycles. The smallest absolute Gasteiger partial charge is 0.244 e. The summed E-state index contributed by atoms with van der Waals surface area (Å²) in [6.07, 6.45) is 5.08. The second kappa shape index (κ2) is 4.63. The lowest BCUT2D eigenvalue weighted by molar-refractivity contribution is -0.126. The van der Waals surface area contributed by atoms with Crippen LogP contribution >= 0.6 is 0 Å². The third-order valence-corrected chi connectivity index (χ3v) is 4.63. The van der Waals surface area contributed by atoms with Crippen LogP contribution in [0.5, 0.6) is 0 Å². The van der Waals surface area contributed by atoms with Crippen molar-refractivity contribution in [2.75, 3.05) is 6.54 Å². The van der Waals surface area contributed by atoms with Crippen molar-refractivity contribution < 1.29 is 9.59 Å². The minimum Gasteiger partial charge on any atom is -0.311 e. The average Bonchev–Trinajstić information content (AvgIpc) is 2.83. The van der Waals surface area contributed by atoms with Gasteiger partial charge in [-0.15, -0.1) is 0 Å². The van der Waals surface area contributed by atoms with E-state index in [2.05, 4.69) is 22.5 Å². The minimum absolute atomic E-state index is 0.104. The molecule has 3 unspecified atom stereocenters. The lowest BCUT2D eigenvalue weighted by Crippen LogP contribution is -2.53. The highest BCUT2D eigenvalue weighted by molar-refractivity contribution is 6.05. The van der Waals surface area contributed by atoms with Crippen LogP contribution in [0.2, 0.25) is 0 Å². The van der Waals surface area contributed by atoms with Gasteiger partial charge in [-0.3, -0.25) is 19.8 Å². The number of nitrogens with one attached hydrogen (secondary N) is 2. The Morgan fingerprint density at radius 2 is 1.89 bits per heavy atom. The van der Waals surface area contributed by atoms with Gasteiger partial charge in [0.1, 0.15) is 0 Å². The molecule has 3 aliphatic rings. The van der Waals surface area contributed by atoms with E-state index in [-0.39, 0.29) is 17.9 Å². The summed E-state index contributed by atoms with van der Waals surface area (Å²) in [5, 5.41) is 6.04. The number of imide groups is 1. The molecule has 2 N–H and O–H groups in total. The molecule has 3 aliphatic heterocycles. The lowest BCUT2D eigenvalue weighted by atomic mass is 9.96. The van der Waals surface area contributed by atoms with Gasteiger partial charge >= 0.3 is 0 Å². The molecule has 0 spiro atoms. The Kier molecular flexibility index (Phi) is 3.11. The van der Waals surface area contributed by atoms with Crippen molar-refractivity contribution in [2.24, 2.45) is 0 Å². The molecule has 5 heteroatoms. The molecule has 0 aromatic rings. The Labute approximate surface area is 107 Å². The number of amides is 2. The summed E-state index contributed by atoms with van der Waals surface area (Å²) in [6.45, 7) is 2.93. The van der Waals surface area contributed by atoms with Crippen LogP contribution in [0.1, 0.15) is 39.0 Å². The maximum Gasteiger partial charge on any atom is 0.244 e. The van der Waals surface area contributed by atoms with Gasteiger partial charge in [0.2, 0.25) is 11.8 Å². The number of hydrogen-bond donors (Lipinski definition) is 2. The van der Waals surface area contributed by atoms with Crippen LogP contribution in [-0.2, 0) is 9.59 Å². The number of carbonyl (C=O) groups is 2. The van der Waals surface area contributed by atoms with Crippen molar-refractivity contribution in [1.29, 1.82) is 0 Å². The van der Waals surface area contributed by atoms with Gasteiger partial charge in [-0.05, 0) is 32.2 Å². The largest absolute Gasteiger partial charge is 0.311 e. The van der Waals surface area contributed by atoms with Gasteiger partial charge in [-0.1, -0.05) is 6.92 Å². The van der Waals surface area contributed by atoms with Crippen molar-refractivity contribution in [3.05, 3.63) is 0 Å². The first-order valence-corrected chi connectivity index (χ1v) is 7.03. The Balaban J connectivity index is 1.72. The number of likely N-dealkylation sites (N-methyl/N-ethyl adjacent to an activating group) is 1. The lowest BCUT2D eigenvalue weighted by Gasteiger charge is -2.39. The molecule has 3 heterocycles. The predicted molar refractivity (Wildman–Crippen MR) is 66.9 cm³/mol. The van der Waals surface area contributed by atoms with E-state index < -0.39 is 0 Å². The molecular formula is C13H21N3O2. The molecule has 2 amide bonds. The molecule has 5 nitrogen and oxygen atoms in total. The van der Waals surface area contributed by atoms with Crippen LogP contribution in [0.3, 0.4) is 0 Å². The highest BCUT2D eigenvalue weighted by atomic mass is 16.2. The Hall–Kier alpha value is -0.940. The van der Waals surface area contributed by atoms with Gasteiger partial charge in [0.15, 0.2) is 0 Å². The van der Waals surface area contributed by atoms with Gasteiger partial charge in [0, 0.05) is 18.1 Å². The number of piperidine rings is 1. The van der Waals surface area contributed by atoms with E-state index >= 15 is 0 Å². The number of carbonyl (C=O) groups excluding carboxylic acids is 2. The van der Waals surface area contributed by atoms with Crippen LogP contribution in [0.4, 0.5) is 0 Å². The molecule has 100 valence electrons. The van der Waals surface area contributed by atoms with Crippen LogP contribution in [-0.4, -0.2) is 47.4 Å². The van der Waals surface area contributed by atoms with Crippen LogP contribution in [0.15, 0.2) is 0 Å². The molecule has 0 aromatic heterocycles. The minimum atomic E-state index is -0.231. The second-order valence-corrected chi connectivity index (χ2v) is 5.73. The Bertz CT molecular complexity index is 359. The van der Waals surface area contributed by atoms with E-state index in [0.717, 1.165) is 19.4 Å². The molecule has 0 aromatic carbocycles. The quantitative estimate of drug-likeness (QED) is 0.694. The third kappa shape index (κ3) is 2.06. The van der Waals surface area contributed by atoms with E-state index in [9.17, 15) is 9.59 Å². The molecule has 0 saturated carbocycles. The van der Waals surface area contributed by atoms with E-state index in [4.69, 9.17) is 0 Å². The van der Waals surface area contributed by atoms with E-state index in [0.29, 0.717) is 24.5 Å². The maximum absolute atomic E-state index is 11.8. The monoisotopic (exact) mass is 251 g/mol. The second-order valence-electron chi connectivity index (χ2n) is 5.73. The third-order valence-electron chi connectivity index (χ3n) is 4.63. The van der Waals surface area contributed by atoms with Gasteiger partial charge in [-0.2, -0.15) is 0 Å². The van der Waals surface area contributed by atoms with E-state index in [1.54, 1.807) is 0 Å². The summed E-state index contributed by atoms with van der Waals surface area (Å²) >= 11 is 0. The number of hydrogen-bond acceptors (Lipinski definition) is 4.